The molecule has 3 nitrogen and oxygen atoms in total. The highest BCUT2D eigenvalue weighted by Gasteiger charge is 2.24. The van der Waals surface area contributed by atoms with Crippen molar-refractivity contribution in [3.8, 4) is 0 Å². The van der Waals surface area contributed by atoms with E-state index in [9.17, 15) is 5.11 Å². The van der Waals surface area contributed by atoms with Gasteiger partial charge < -0.3 is 15.5 Å². The van der Waals surface area contributed by atoms with E-state index >= 15 is 0 Å². The molecule has 0 amide bonds. The molecule has 0 heterocycles. The highest BCUT2D eigenvalue weighted by Crippen LogP contribution is 2.14. The minimum absolute atomic E-state index is 0.191. The van der Waals surface area contributed by atoms with Gasteiger partial charge >= 0.3 is 0 Å². The molecule has 3 N–H and O–H groups in total. The van der Waals surface area contributed by atoms with Gasteiger partial charge in [-0.15, -0.1) is 0 Å². The van der Waals surface area contributed by atoms with Crippen molar-refractivity contribution < 1.29 is 10.2 Å². The third-order valence-corrected chi connectivity index (χ3v) is 2.53. The standard InChI is InChI=1S/C10H23NO2/c1-8(2)10(4,13)7-11-5-9(3)6-12/h8-9,11-13H,5-7H2,1-4H3. The van der Waals surface area contributed by atoms with Gasteiger partial charge in [0.1, 0.15) is 0 Å². The van der Waals surface area contributed by atoms with Gasteiger partial charge in [0, 0.05) is 13.2 Å². The van der Waals surface area contributed by atoms with Gasteiger partial charge in [0.05, 0.1) is 5.60 Å². The lowest BCUT2D eigenvalue weighted by molar-refractivity contribution is 0.0132. The van der Waals surface area contributed by atoms with Crippen molar-refractivity contribution in [2.45, 2.75) is 33.3 Å². The smallest absolute Gasteiger partial charge is 0.0766 e. The fourth-order valence-electron chi connectivity index (χ4n) is 0.840. The molecule has 0 aromatic rings. The summed E-state index contributed by atoms with van der Waals surface area (Å²) in [5.41, 5.74) is -0.658. The van der Waals surface area contributed by atoms with E-state index in [2.05, 4.69) is 5.32 Å². The van der Waals surface area contributed by atoms with Crippen molar-refractivity contribution >= 4 is 0 Å². The number of nitrogens with one attached hydrogen (secondary N) is 1. The third-order valence-electron chi connectivity index (χ3n) is 2.53. The van der Waals surface area contributed by atoms with Crippen molar-refractivity contribution in [2.75, 3.05) is 19.7 Å². The van der Waals surface area contributed by atoms with Gasteiger partial charge in [0.15, 0.2) is 0 Å². The Morgan fingerprint density at radius 2 is 1.85 bits per heavy atom. The molecular weight excluding hydrogens is 166 g/mol. The summed E-state index contributed by atoms with van der Waals surface area (Å²) in [6.07, 6.45) is 0. The van der Waals surface area contributed by atoms with Gasteiger partial charge in [0.25, 0.3) is 0 Å². The number of hydrogen-bond acceptors (Lipinski definition) is 3. The maximum Gasteiger partial charge on any atom is 0.0766 e. The minimum atomic E-state index is -0.658. The lowest BCUT2D eigenvalue weighted by Gasteiger charge is -2.28. The monoisotopic (exact) mass is 189 g/mol. The van der Waals surface area contributed by atoms with Crippen LogP contribution in [-0.4, -0.2) is 35.5 Å². The van der Waals surface area contributed by atoms with Crippen LogP contribution in [0, 0.1) is 11.8 Å². The first kappa shape index (κ1) is 12.9. The van der Waals surface area contributed by atoms with Crippen LogP contribution in [0.3, 0.4) is 0 Å². The summed E-state index contributed by atoms with van der Waals surface area (Å²) in [5, 5.41) is 21.8. The van der Waals surface area contributed by atoms with E-state index in [4.69, 9.17) is 5.11 Å². The highest BCUT2D eigenvalue weighted by molar-refractivity contribution is 4.79. The molecule has 0 saturated carbocycles. The molecule has 0 rings (SSSR count). The lowest BCUT2D eigenvalue weighted by Crippen LogP contribution is -2.43. The van der Waals surface area contributed by atoms with Gasteiger partial charge in [-0.2, -0.15) is 0 Å². The van der Waals surface area contributed by atoms with Crippen LogP contribution in [0.25, 0.3) is 0 Å². The number of aliphatic hydroxyl groups is 2. The summed E-state index contributed by atoms with van der Waals surface area (Å²) >= 11 is 0. The Hall–Kier alpha value is -0.120. The first-order chi connectivity index (χ1) is 5.90. The van der Waals surface area contributed by atoms with E-state index in [0.717, 1.165) is 6.54 Å². The normalized spacial score (nSPS) is 18.7. The SMILES string of the molecule is CC(CO)CNCC(C)(O)C(C)C. The van der Waals surface area contributed by atoms with Crippen molar-refractivity contribution in [1.82, 2.24) is 5.32 Å². The molecule has 0 aromatic heterocycles. The average molecular weight is 189 g/mol. The Balaban J connectivity index is 3.63. The Bertz CT molecular complexity index is 135. The quantitative estimate of drug-likeness (QED) is 0.574. The molecule has 0 saturated heterocycles. The van der Waals surface area contributed by atoms with E-state index in [1.807, 2.05) is 27.7 Å². The van der Waals surface area contributed by atoms with Crippen molar-refractivity contribution in [3.05, 3.63) is 0 Å². The zero-order valence-corrected chi connectivity index (χ0v) is 9.17. The number of rotatable bonds is 6. The summed E-state index contributed by atoms with van der Waals surface area (Å²) in [6.45, 7) is 9.31. The van der Waals surface area contributed by atoms with E-state index in [1.165, 1.54) is 0 Å². The molecule has 13 heavy (non-hydrogen) atoms. The minimum Gasteiger partial charge on any atom is -0.396 e. The molecule has 2 atom stereocenters. The Morgan fingerprint density at radius 3 is 2.23 bits per heavy atom. The molecule has 80 valence electrons. The molecule has 0 bridgehead atoms. The summed E-state index contributed by atoms with van der Waals surface area (Å²) in [4.78, 5) is 0. The largest absolute Gasteiger partial charge is 0.396 e. The maximum atomic E-state index is 9.85. The Labute approximate surface area is 81.2 Å². The van der Waals surface area contributed by atoms with Crippen molar-refractivity contribution in [2.24, 2.45) is 11.8 Å². The van der Waals surface area contributed by atoms with E-state index < -0.39 is 5.60 Å². The second kappa shape index (κ2) is 5.58. The molecule has 3 heteroatoms. The molecule has 0 radical (unpaired) electrons. The van der Waals surface area contributed by atoms with Gasteiger partial charge in [-0.25, -0.2) is 0 Å². The molecule has 0 spiro atoms. The molecule has 0 aliphatic carbocycles. The fourth-order valence-corrected chi connectivity index (χ4v) is 0.840. The van der Waals surface area contributed by atoms with Crippen LogP contribution in [0.4, 0.5) is 0 Å². The van der Waals surface area contributed by atoms with Crippen LogP contribution in [0.15, 0.2) is 0 Å². The predicted octanol–water partition coefficient (Wildman–Crippen LogP) is 0.611. The van der Waals surface area contributed by atoms with Crippen molar-refractivity contribution in [3.63, 3.8) is 0 Å². The third kappa shape index (κ3) is 5.24. The van der Waals surface area contributed by atoms with Crippen LogP contribution in [0.5, 0.6) is 0 Å². The molecular formula is C10H23NO2. The zero-order chi connectivity index (χ0) is 10.5. The van der Waals surface area contributed by atoms with Crippen LogP contribution in [0.1, 0.15) is 27.7 Å². The van der Waals surface area contributed by atoms with E-state index in [1.54, 1.807) is 0 Å². The summed E-state index contributed by atoms with van der Waals surface area (Å²) in [6, 6.07) is 0. The van der Waals surface area contributed by atoms with E-state index in [-0.39, 0.29) is 18.4 Å². The van der Waals surface area contributed by atoms with Crippen LogP contribution < -0.4 is 5.32 Å². The van der Waals surface area contributed by atoms with Crippen molar-refractivity contribution in [1.29, 1.82) is 0 Å². The first-order valence-electron chi connectivity index (χ1n) is 4.94. The van der Waals surface area contributed by atoms with Gasteiger partial charge in [-0.05, 0) is 25.3 Å². The van der Waals surface area contributed by atoms with Crippen LogP contribution in [0.2, 0.25) is 0 Å². The number of hydrogen-bond donors (Lipinski definition) is 3. The summed E-state index contributed by atoms with van der Waals surface area (Å²) < 4.78 is 0. The van der Waals surface area contributed by atoms with Crippen LogP contribution in [-0.2, 0) is 0 Å². The molecule has 2 unspecified atom stereocenters. The van der Waals surface area contributed by atoms with Gasteiger partial charge in [-0.3, -0.25) is 0 Å². The zero-order valence-electron chi connectivity index (χ0n) is 9.17. The Morgan fingerprint density at radius 1 is 1.31 bits per heavy atom. The second-order valence-electron chi connectivity index (χ2n) is 4.43. The topological polar surface area (TPSA) is 52.5 Å². The van der Waals surface area contributed by atoms with Crippen LogP contribution >= 0.6 is 0 Å². The van der Waals surface area contributed by atoms with Gasteiger partial charge in [-0.1, -0.05) is 20.8 Å². The first-order valence-corrected chi connectivity index (χ1v) is 4.94. The summed E-state index contributed by atoms with van der Waals surface area (Å²) in [7, 11) is 0. The number of aliphatic hydroxyl groups excluding tert-OH is 1. The maximum absolute atomic E-state index is 9.85. The molecule has 0 fully saturated rings. The second-order valence-corrected chi connectivity index (χ2v) is 4.43. The van der Waals surface area contributed by atoms with Gasteiger partial charge in [0.2, 0.25) is 0 Å². The molecule has 0 aromatic carbocycles. The molecule has 0 aliphatic heterocycles. The highest BCUT2D eigenvalue weighted by atomic mass is 16.3. The van der Waals surface area contributed by atoms with E-state index in [0.29, 0.717) is 6.54 Å². The fraction of sp³-hybridized carbons (Fsp3) is 1.00. The lowest BCUT2D eigenvalue weighted by atomic mass is 9.92. The average Bonchev–Trinajstić information content (AvgIpc) is 2.03. The molecule has 0 aliphatic rings. The predicted molar refractivity (Wildman–Crippen MR) is 54.6 cm³/mol. The summed E-state index contributed by atoms with van der Waals surface area (Å²) in [5.74, 6) is 0.493. The Kier molecular flexibility index (Phi) is 5.53.